The first-order chi connectivity index (χ1) is 64.8. The molecule has 0 heterocycles. The van der Waals surface area contributed by atoms with Gasteiger partial charge >= 0.3 is 11.9 Å². The summed E-state index contributed by atoms with van der Waals surface area (Å²) in [7, 11) is 13.3. The highest BCUT2D eigenvalue weighted by atomic mass is 16.6. The summed E-state index contributed by atoms with van der Waals surface area (Å²) < 4.78 is 137. The van der Waals surface area contributed by atoms with E-state index in [1.165, 1.54) is 13.8 Å². The molecule has 29 heteroatoms. The van der Waals surface area contributed by atoms with Crippen molar-refractivity contribution in [3.8, 4) is 0 Å². The lowest BCUT2D eigenvalue weighted by atomic mass is 9.90. The number of carbonyl (C=O) groups is 2. The predicted molar refractivity (Wildman–Crippen MR) is 542 cm³/mol. The van der Waals surface area contributed by atoms with Crippen molar-refractivity contribution in [1.82, 2.24) is 0 Å². The molecule has 0 fully saturated rings. The number of carbonyl (C=O) groups excluding carboxylic acids is 2. The van der Waals surface area contributed by atoms with Gasteiger partial charge < -0.3 is 129 Å². The third-order valence-electron chi connectivity index (χ3n) is 20.1. The van der Waals surface area contributed by atoms with Crippen LogP contribution in [0.3, 0.4) is 0 Å². The maximum atomic E-state index is 11.0. The lowest BCUT2D eigenvalue weighted by molar-refractivity contribution is -0.156. The standard InChI is InChI=1S/C26H46O8.3C26H42O6.C4H6O3/c1-19(13-29-7)31-15-21(3)33-17-25(5,27)23-10-9-11-24(12-23)26(6,28)18-34-22(4)16-32-20(2)14-30-8;3*1-19(13-29-23(5)17-31-21(3)15-27-7)25-10-9-11-26(12-25)20(2)14-30-24(6)18-32-22(4)16-28-8;1-3(5)7-4(2)6/h9-12,19-22,27-28H,13-18H2,1-8H3;9-14,21-24H,15-18H2,1-8H3;9-12,14,21-24H,1,13,15-18H2,2-8H3;9-12,21-24H,1-2,13-18H2,3-8H3;1-2H3. The molecule has 0 aliphatic rings. The Morgan fingerprint density at radius 1 is 0.270 bits per heavy atom. The number of benzene rings is 4. The van der Waals surface area contributed by atoms with Gasteiger partial charge in [0.05, 0.1) is 237 Å². The molecule has 4 rings (SSSR count). The van der Waals surface area contributed by atoms with E-state index in [2.05, 4.69) is 60.9 Å². The summed E-state index contributed by atoms with van der Waals surface area (Å²) in [5, 5.41) is 22.1. The third-order valence-corrected chi connectivity index (χ3v) is 20.1. The summed E-state index contributed by atoms with van der Waals surface area (Å²) >= 11 is 0. The molecular weight excluding hydrogens is 1760 g/mol. The first kappa shape index (κ1) is 130. The molecule has 18 atom stereocenters. The van der Waals surface area contributed by atoms with Crippen LogP contribution in [-0.2, 0) is 139 Å². The molecule has 4 aromatic rings. The number of rotatable bonds is 69. The zero-order valence-electron chi connectivity index (χ0n) is 89.1. The van der Waals surface area contributed by atoms with Crippen LogP contribution in [0.15, 0.2) is 136 Å². The van der Waals surface area contributed by atoms with Gasteiger partial charge in [0.15, 0.2) is 0 Å². The number of hydrogen-bond acceptors (Lipinski definition) is 29. The molecule has 0 bridgehead atoms. The number of methoxy groups -OCH3 is 8. The second-order valence-corrected chi connectivity index (χ2v) is 35.4. The number of ether oxygens (including phenoxy) is 25. The zero-order chi connectivity index (χ0) is 103. The van der Waals surface area contributed by atoms with Crippen LogP contribution in [-0.4, -0.2) is 315 Å². The Hall–Kier alpha value is -7.06. The number of allylic oxidation sites excluding steroid dienone is 3. The van der Waals surface area contributed by atoms with E-state index in [1.54, 1.807) is 95.6 Å². The molecule has 2 N–H and O–H groups in total. The molecule has 4 aromatic carbocycles. The van der Waals surface area contributed by atoms with Gasteiger partial charge in [0, 0.05) is 70.7 Å². The van der Waals surface area contributed by atoms with Crippen molar-refractivity contribution in [3.63, 3.8) is 0 Å². The third kappa shape index (κ3) is 64.9. The topological polar surface area (TPSA) is 305 Å². The van der Waals surface area contributed by atoms with E-state index < -0.39 is 23.1 Å². The van der Waals surface area contributed by atoms with Gasteiger partial charge in [-0.15, -0.1) is 0 Å². The monoisotopic (exact) mass is 1940 g/mol. The maximum Gasteiger partial charge on any atom is 0.310 e. The summed E-state index contributed by atoms with van der Waals surface area (Å²) in [6.45, 7) is 65.7. The Morgan fingerprint density at radius 2 is 0.453 bits per heavy atom. The molecule has 0 amide bonds. The summed E-state index contributed by atoms with van der Waals surface area (Å²) in [4.78, 5) is 19.6. The molecule has 0 spiro atoms. The highest BCUT2D eigenvalue weighted by Gasteiger charge is 2.31. The number of aliphatic hydroxyl groups is 2. The molecule has 0 aliphatic carbocycles. The molecule has 18 unspecified atom stereocenters. The van der Waals surface area contributed by atoms with Crippen LogP contribution >= 0.6 is 0 Å². The molecule has 784 valence electrons. The molecule has 0 saturated heterocycles. The summed E-state index contributed by atoms with van der Waals surface area (Å²) in [5.41, 5.74) is 11.1. The average molecular weight is 1940 g/mol. The van der Waals surface area contributed by atoms with Crippen molar-refractivity contribution in [2.45, 2.75) is 268 Å². The van der Waals surface area contributed by atoms with Gasteiger partial charge in [-0.3, -0.25) is 9.59 Å². The van der Waals surface area contributed by atoms with E-state index >= 15 is 0 Å². The highest BCUT2D eigenvalue weighted by Crippen LogP contribution is 2.30. The molecular formula is C108H178O29. The van der Waals surface area contributed by atoms with Crippen molar-refractivity contribution in [1.29, 1.82) is 0 Å². The highest BCUT2D eigenvalue weighted by molar-refractivity contribution is 5.82. The van der Waals surface area contributed by atoms with Gasteiger partial charge in [-0.05, 0) is 248 Å². The quantitative estimate of drug-likeness (QED) is 0.0236. The van der Waals surface area contributed by atoms with Gasteiger partial charge in [-0.2, -0.15) is 0 Å². The molecule has 0 radical (unpaired) electrons. The van der Waals surface area contributed by atoms with E-state index in [0.29, 0.717) is 137 Å². The van der Waals surface area contributed by atoms with Crippen molar-refractivity contribution in [2.24, 2.45) is 0 Å². The second kappa shape index (κ2) is 76.6. The lowest BCUT2D eigenvalue weighted by Gasteiger charge is -2.30. The number of esters is 2. The molecule has 137 heavy (non-hydrogen) atoms. The van der Waals surface area contributed by atoms with Crippen LogP contribution in [0.4, 0.5) is 0 Å². The van der Waals surface area contributed by atoms with Crippen LogP contribution < -0.4 is 0 Å². The first-order valence-electron chi connectivity index (χ1n) is 47.3. The van der Waals surface area contributed by atoms with Crippen LogP contribution in [0.5, 0.6) is 0 Å². The molecule has 0 saturated carbocycles. The first-order valence-corrected chi connectivity index (χ1v) is 47.3. The Labute approximate surface area is 823 Å². The summed E-state index contributed by atoms with van der Waals surface area (Å²) in [6.07, 6.45) is 4.98. The Bertz CT molecular complexity index is 3740. The van der Waals surface area contributed by atoms with Crippen LogP contribution in [0, 0.1) is 0 Å². The van der Waals surface area contributed by atoms with E-state index in [4.69, 9.17) is 114 Å². The SMILES string of the molecule is C=C(COC(C)COC(C)COC)c1cccc(C(=C)COC(C)COC(C)COC)c1.C=C(COC(C)COC(C)COC)c1cccc(C(C)=COC(C)COC(C)COC)c1.CC(=O)OC(C)=O.COCC(C)OCC(C)OC=C(C)c1cccc(C(C)=COC(C)COC(C)COC)c1.COCC(C)OCC(C)OCC(C)(O)c1cccc(C(C)(O)COC(C)COC(C)COC)c1. The van der Waals surface area contributed by atoms with E-state index in [9.17, 15) is 19.8 Å². The van der Waals surface area contributed by atoms with Gasteiger partial charge in [0.25, 0.3) is 0 Å². The van der Waals surface area contributed by atoms with Crippen LogP contribution in [0.25, 0.3) is 33.4 Å². The van der Waals surface area contributed by atoms with Gasteiger partial charge in [0.2, 0.25) is 0 Å². The van der Waals surface area contributed by atoms with Crippen molar-refractivity contribution >= 4 is 45.4 Å². The number of hydrogen-bond donors (Lipinski definition) is 2. The van der Waals surface area contributed by atoms with Crippen molar-refractivity contribution in [2.75, 3.05) is 196 Å². The molecule has 0 aromatic heterocycles. The predicted octanol–water partition coefficient (Wildman–Crippen LogP) is 18.0. The lowest BCUT2D eigenvalue weighted by Crippen LogP contribution is -2.34. The Kier molecular flexibility index (Phi) is 72.7. The fraction of sp³-hybridized carbons (Fsp3) is 0.648. The van der Waals surface area contributed by atoms with Crippen molar-refractivity contribution in [3.05, 3.63) is 180 Å². The summed E-state index contributed by atoms with van der Waals surface area (Å²) in [5.74, 6) is -1.12. The normalized spacial score (nSPS) is 16.2. The van der Waals surface area contributed by atoms with Crippen LogP contribution in [0.2, 0.25) is 0 Å². The molecule has 29 nitrogen and oxygen atoms in total. The van der Waals surface area contributed by atoms with E-state index in [0.717, 1.165) is 66.8 Å². The van der Waals surface area contributed by atoms with Gasteiger partial charge in [0.1, 0.15) is 29.5 Å². The minimum absolute atomic E-state index is 0.0271. The average Bonchev–Trinajstić information content (AvgIpc) is 0.805. The van der Waals surface area contributed by atoms with Gasteiger partial charge in [-0.1, -0.05) is 92.5 Å². The van der Waals surface area contributed by atoms with E-state index in [1.807, 2.05) is 186 Å². The largest absolute Gasteiger partial charge is 0.496 e. The smallest absolute Gasteiger partial charge is 0.310 e. The fourth-order valence-corrected chi connectivity index (χ4v) is 12.0. The minimum atomic E-state index is -1.24. The second-order valence-electron chi connectivity index (χ2n) is 35.4. The fourth-order valence-electron chi connectivity index (χ4n) is 12.0. The maximum absolute atomic E-state index is 11.0. The van der Waals surface area contributed by atoms with E-state index in [-0.39, 0.29) is 111 Å². The summed E-state index contributed by atoms with van der Waals surface area (Å²) in [6, 6.07) is 31.9. The van der Waals surface area contributed by atoms with Crippen molar-refractivity contribution < 1.29 is 138 Å². The Morgan fingerprint density at radius 3 is 0.664 bits per heavy atom. The van der Waals surface area contributed by atoms with Gasteiger partial charge in [-0.25, -0.2) is 0 Å². The minimum Gasteiger partial charge on any atom is -0.496 e. The van der Waals surface area contributed by atoms with Crippen LogP contribution in [0.1, 0.15) is 204 Å². The zero-order valence-corrected chi connectivity index (χ0v) is 89.1. The Balaban J connectivity index is 0.00000176. The molecule has 0 aliphatic heterocycles.